The highest BCUT2D eigenvalue weighted by Crippen LogP contribution is 2.17. The summed E-state index contributed by atoms with van der Waals surface area (Å²) >= 11 is 0. The standard InChI is InChI=1S/C16H22N2O5/c1-5-14(20)17-7-8-18(15(21)6-2)12(9-17)13(10-19)23-16(22)11(3)4/h5-6,12-13,19H,1-3,7-10H2,4H3. The number of carbonyl (C=O) groups excluding carboxylic acids is 3. The van der Waals surface area contributed by atoms with E-state index in [4.69, 9.17) is 4.74 Å². The molecule has 1 N–H and O–H groups in total. The van der Waals surface area contributed by atoms with E-state index in [2.05, 4.69) is 19.7 Å². The summed E-state index contributed by atoms with van der Waals surface area (Å²) in [6.45, 7) is 12.1. The Hall–Kier alpha value is -2.41. The maximum atomic E-state index is 12.0. The van der Waals surface area contributed by atoms with Gasteiger partial charge in [0, 0.05) is 25.2 Å². The summed E-state index contributed by atoms with van der Waals surface area (Å²) in [4.78, 5) is 38.5. The van der Waals surface area contributed by atoms with Gasteiger partial charge >= 0.3 is 5.97 Å². The monoisotopic (exact) mass is 322 g/mol. The highest BCUT2D eigenvalue weighted by molar-refractivity contribution is 5.89. The molecule has 0 aliphatic carbocycles. The summed E-state index contributed by atoms with van der Waals surface area (Å²) in [5, 5.41) is 9.57. The zero-order valence-electron chi connectivity index (χ0n) is 13.2. The number of esters is 1. The SMILES string of the molecule is C=CC(=O)N1CCN(C(=O)C=C)C(C(CO)OC(=O)C(=C)C)C1. The van der Waals surface area contributed by atoms with Crippen LogP contribution in [-0.2, 0) is 19.1 Å². The summed E-state index contributed by atoms with van der Waals surface area (Å²) < 4.78 is 5.21. The summed E-state index contributed by atoms with van der Waals surface area (Å²) in [5.74, 6) is -1.31. The predicted octanol–water partition coefficient (Wildman–Crippen LogP) is -0.122. The fourth-order valence-corrected chi connectivity index (χ4v) is 2.32. The molecule has 1 aliphatic heterocycles. The van der Waals surface area contributed by atoms with Gasteiger partial charge in [-0.2, -0.15) is 0 Å². The number of piperazine rings is 1. The third-order valence-corrected chi connectivity index (χ3v) is 3.58. The first-order valence-corrected chi connectivity index (χ1v) is 7.17. The van der Waals surface area contributed by atoms with Crippen molar-refractivity contribution in [3.05, 3.63) is 37.5 Å². The third-order valence-electron chi connectivity index (χ3n) is 3.58. The van der Waals surface area contributed by atoms with E-state index in [1.54, 1.807) is 0 Å². The lowest BCUT2D eigenvalue weighted by molar-refractivity contribution is -0.158. The molecular formula is C16H22N2O5. The lowest BCUT2D eigenvalue weighted by atomic mass is 10.1. The maximum Gasteiger partial charge on any atom is 0.333 e. The smallest absolute Gasteiger partial charge is 0.333 e. The van der Waals surface area contributed by atoms with Crippen LogP contribution in [0.1, 0.15) is 6.92 Å². The van der Waals surface area contributed by atoms with Crippen molar-refractivity contribution in [2.45, 2.75) is 19.1 Å². The minimum atomic E-state index is -0.969. The molecule has 2 amide bonds. The molecule has 1 saturated heterocycles. The van der Waals surface area contributed by atoms with E-state index in [0.717, 1.165) is 6.08 Å². The van der Waals surface area contributed by atoms with Gasteiger partial charge in [0.2, 0.25) is 11.8 Å². The van der Waals surface area contributed by atoms with Gasteiger partial charge in [-0.1, -0.05) is 19.7 Å². The Morgan fingerprint density at radius 2 is 1.87 bits per heavy atom. The Labute approximate surface area is 135 Å². The van der Waals surface area contributed by atoms with Gasteiger partial charge < -0.3 is 19.6 Å². The van der Waals surface area contributed by atoms with Crippen LogP contribution in [0.3, 0.4) is 0 Å². The molecule has 7 heteroatoms. The molecule has 1 heterocycles. The number of carbonyl (C=O) groups is 3. The number of rotatable bonds is 6. The first kappa shape index (κ1) is 18.6. The molecule has 2 unspecified atom stereocenters. The van der Waals surface area contributed by atoms with E-state index in [1.807, 2.05) is 0 Å². The first-order chi connectivity index (χ1) is 10.8. The number of aliphatic hydroxyl groups is 1. The van der Waals surface area contributed by atoms with Crippen LogP contribution < -0.4 is 0 Å². The molecule has 0 radical (unpaired) electrons. The van der Waals surface area contributed by atoms with E-state index in [1.165, 1.54) is 22.8 Å². The molecule has 0 aromatic heterocycles. The Morgan fingerprint density at radius 1 is 1.26 bits per heavy atom. The van der Waals surface area contributed by atoms with E-state index in [-0.39, 0.29) is 30.5 Å². The quantitative estimate of drug-likeness (QED) is 0.544. The zero-order chi connectivity index (χ0) is 17.6. The van der Waals surface area contributed by atoms with Gasteiger partial charge in [0.05, 0.1) is 12.6 Å². The van der Waals surface area contributed by atoms with Crippen molar-refractivity contribution in [3.8, 4) is 0 Å². The van der Waals surface area contributed by atoms with Crippen molar-refractivity contribution in [2.75, 3.05) is 26.2 Å². The summed E-state index contributed by atoms with van der Waals surface area (Å²) in [6.07, 6.45) is 1.35. The topological polar surface area (TPSA) is 87.2 Å². The average Bonchev–Trinajstić information content (AvgIpc) is 2.57. The second-order valence-electron chi connectivity index (χ2n) is 5.20. The highest BCUT2D eigenvalue weighted by Gasteiger charge is 2.37. The Bertz CT molecular complexity index is 529. The Balaban J connectivity index is 3.02. The molecule has 1 rings (SSSR count). The summed E-state index contributed by atoms with van der Waals surface area (Å²) in [5.41, 5.74) is 0.180. The van der Waals surface area contributed by atoms with Gasteiger partial charge in [0.15, 0.2) is 0 Å². The van der Waals surface area contributed by atoms with E-state index in [0.29, 0.717) is 6.54 Å². The molecule has 1 fully saturated rings. The first-order valence-electron chi connectivity index (χ1n) is 7.17. The predicted molar refractivity (Wildman–Crippen MR) is 84.3 cm³/mol. The zero-order valence-corrected chi connectivity index (χ0v) is 13.2. The lowest BCUT2D eigenvalue weighted by Crippen LogP contribution is -2.61. The van der Waals surface area contributed by atoms with E-state index >= 15 is 0 Å². The van der Waals surface area contributed by atoms with E-state index in [9.17, 15) is 19.5 Å². The molecule has 0 spiro atoms. The number of hydrogen-bond acceptors (Lipinski definition) is 5. The second-order valence-corrected chi connectivity index (χ2v) is 5.20. The Kier molecular flexibility index (Phi) is 6.71. The maximum absolute atomic E-state index is 12.0. The number of amides is 2. The molecule has 2 atom stereocenters. The third kappa shape index (κ3) is 4.53. The number of ether oxygens (including phenoxy) is 1. The fraction of sp³-hybridized carbons (Fsp3) is 0.438. The second kappa shape index (κ2) is 8.28. The lowest BCUT2D eigenvalue weighted by Gasteiger charge is -2.43. The summed E-state index contributed by atoms with van der Waals surface area (Å²) in [6, 6.07) is -0.675. The van der Waals surface area contributed by atoms with Gasteiger partial charge in [-0.05, 0) is 19.1 Å². The van der Waals surface area contributed by atoms with Crippen LogP contribution >= 0.6 is 0 Å². The molecule has 0 aromatic rings. The number of hydrogen-bond donors (Lipinski definition) is 1. The van der Waals surface area contributed by atoms with Crippen LogP contribution in [0.5, 0.6) is 0 Å². The Morgan fingerprint density at radius 3 is 2.35 bits per heavy atom. The van der Waals surface area contributed by atoms with Gasteiger partial charge in [0.25, 0.3) is 0 Å². The van der Waals surface area contributed by atoms with E-state index < -0.39 is 24.7 Å². The van der Waals surface area contributed by atoms with Crippen LogP contribution in [0.25, 0.3) is 0 Å². The largest absolute Gasteiger partial charge is 0.454 e. The minimum Gasteiger partial charge on any atom is -0.454 e. The molecule has 0 aromatic carbocycles. The average molecular weight is 322 g/mol. The highest BCUT2D eigenvalue weighted by atomic mass is 16.6. The van der Waals surface area contributed by atoms with Crippen molar-refractivity contribution < 1.29 is 24.2 Å². The van der Waals surface area contributed by atoms with Crippen LogP contribution in [0.15, 0.2) is 37.5 Å². The molecular weight excluding hydrogens is 300 g/mol. The van der Waals surface area contributed by atoms with Gasteiger partial charge in [-0.25, -0.2) is 4.79 Å². The molecule has 0 bridgehead atoms. The number of nitrogens with zero attached hydrogens (tertiary/aromatic N) is 2. The molecule has 23 heavy (non-hydrogen) atoms. The van der Waals surface area contributed by atoms with Crippen molar-refractivity contribution in [1.29, 1.82) is 0 Å². The van der Waals surface area contributed by atoms with Gasteiger partial charge in [0.1, 0.15) is 6.10 Å². The minimum absolute atomic E-state index is 0.124. The van der Waals surface area contributed by atoms with Crippen LogP contribution in [0.4, 0.5) is 0 Å². The molecule has 1 aliphatic rings. The van der Waals surface area contributed by atoms with Gasteiger partial charge in [-0.15, -0.1) is 0 Å². The molecule has 7 nitrogen and oxygen atoms in total. The van der Waals surface area contributed by atoms with Crippen LogP contribution in [0, 0.1) is 0 Å². The van der Waals surface area contributed by atoms with Crippen molar-refractivity contribution in [3.63, 3.8) is 0 Å². The van der Waals surface area contributed by atoms with Gasteiger partial charge in [-0.3, -0.25) is 9.59 Å². The van der Waals surface area contributed by atoms with Crippen LogP contribution in [-0.4, -0.2) is 71.1 Å². The van der Waals surface area contributed by atoms with Crippen molar-refractivity contribution >= 4 is 17.8 Å². The van der Waals surface area contributed by atoms with Crippen molar-refractivity contribution in [1.82, 2.24) is 9.80 Å². The molecule has 0 saturated carbocycles. The fourth-order valence-electron chi connectivity index (χ4n) is 2.32. The molecule has 126 valence electrons. The normalized spacial score (nSPS) is 18.8. The number of aliphatic hydroxyl groups excluding tert-OH is 1. The van der Waals surface area contributed by atoms with Crippen molar-refractivity contribution in [2.24, 2.45) is 0 Å². The summed E-state index contributed by atoms with van der Waals surface area (Å²) in [7, 11) is 0. The van der Waals surface area contributed by atoms with Crippen LogP contribution in [0.2, 0.25) is 0 Å².